The smallest absolute Gasteiger partial charge is 0.101 e. The predicted molar refractivity (Wildman–Crippen MR) is 77.2 cm³/mol. The molecule has 0 N–H and O–H groups in total. The van der Waals surface area contributed by atoms with E-state index in [1.807, 2.05) is 12.1 Å². The first-order valence-corrected chi connectivity index (χ1v) is 6.48. The molecule has 0 fully saturated rings. The zero-order valence-corrected chi connectivity index (χ0v) is 12.2. The van der Waals surface area contributed by atoms with Crippen LogP contribution in [0.15, 0.2) is 18.2 Å². The molecule has 0 aromatic heterocycles. The molecule has 0 radical (unpaired) electrons. The molecule has 0 bridgehead atoms. The molecule has 0 saturated carbocycles. The molecular weight excluding hydrogens is 246 g/mol. The van der Waals surface area contributed by atoms with Gasteiger partial charge in [-0.25, -0.2) is 0 Å². The molecule has 0 aliphatic carbocycles. The van der Waals surface area contributed by atoms with Crippen molar-refractivity contribution < 1.29 is 0 Å². The van der Waals surface area contributed by atoms with E-state index in [-0.39, 0.29) is 0 Å². The van der Waals surface area contributed by atoms with Crippen LogP contribution in [0.2, 0.25) is 5.02 Å². The summed E-state index contributed by atoms with van der Waals surface area (Å²) in [7, 11) is 4.11. The lowest BCUT2D eigenvalue weighted by atomic mass is 10.1. The molecule has 1 atom stereocenters. The number of halogens is 1. The minimum atomic E-state index is 0.346. The second-order valence-corrected chi connectivity index (χ2v) is 5.11. The highest BCUT2D eigenvalue weighted by Gasteiger charge is 2.16. The second kappa shape index (κ2) is 6.63. The van der Waals surface area contributed by atoms with Gasteiger partial charge in [-0.05, 0) is 46.1 Å². The van der Waals surface area contributed by atoms with Gasteiger partial charge in [0.2, 0.25) is 0 Å². The summed E-state index contributed by atoms with van der Waals surface area (Å²) in [6, 6.07) is 8.05. The summed E-state index contributed by atoms with van der Waals surface area (Å²) in [6.07, 6.45) is 0. The summed E-state index contributed by atoms with van der Waals surface area (Å²) in [5.74, 6) is 0. The summed E-state index contributed by atoms with van der Waals surface area (Å²) >= 11 is 5.93. The Morgan fingerprint density at radius 3 is 2.56 bits per heavy atom. The van der Waals surface area contributed by atoms with Crippen molar-refractivity contribution in [1.29, 1.82) is 5.26 Å². The number of benzene rings is 1. The van der Waals surface area contributed by atoms with E-state index >= 15 is 0 Å². The molecule has 4 heteroatoms. The molecule has 1 aromatic carbocycles. The minimum Gasteiger partial charge on any atom is -0.367 e. The molecule has 1 unspecified atom stereocenters. The highest BCUT2D eigenvalue weighted by Crippen LogP contribution is 2.25. The van der Waals surface area contributed by atoms with Crippen molar-refractivity contribution in [2.45, 2.75) is 19.9 Å². The fourth-order valence-corrected chi connectivity index (χ4v) is 2.37. The summed E-state index contributed by atoms with van der Waals surface area (Å²) in [5.41, 5.74) is 1.59. The maximum atomic E-state index is 9.21. The molecule has 0 aliphatic heterocycles. The standard InChI is InChI=1S/C14H20ClN3/c1-5-18(11(2)10-17(3)4)14-7-6-13(15)8-12(14)9-16/h6-8,11H,5,10H2,1-4H3. The van der Waals surface area contributed by atoms with E-state index in [9.17, 15) is 5.26 Å². The fraction of sp³-hybridized carbons (Fsp3) is 0.500. The van der Waals surface area contributed by atoms with Gasteiger partial charge in [0.1, 0.15) is 6.07 Å². The van der Waals surface area contributed by atoms with E-state index in [0.717, 1.165) is 18.8 Å². The maximum absolute atomic E-state index is 9.21. The number of hydrogen-bond donors (Lipinski definition) is 0. The Hall–Kier alpha value is -1.24. The van der Waals surface area contributed by atoms with Crippen LogP contribution < -0.4 is 4.90 Å². The average molecular weight is 266 g/mol. The summed E-state index contributed by atoms with van der Waals surface area (Å²) < 4.78 is 0. The number of likely N-dealkylation sites (N-methyl/N-ethyl adjacent to an activating group) is 2. The summed E-state index contributed by atoms with van der Waals surface area (Å²) in [5, 5.41) is 9.81. The molecule has 0 saturated heterocycles. The Labute approximate surface area is 115 Å². The normalized spacial score (nSPS) is 12.3. The third kappa shape index (κ3) is 3.63. The van der Waals surface area contributed by atoms with Crippen molar-refractivity contribution in [3.63, 3.8) is 0 Å². The highest BCUT2D eigenvalue weighted by atomic mass is 35.5. The number of anilines is 1. The van der Waals surface area contributed by atoms with Crippen molar-refractivity contribution in [3.05, 3.63) is 28.8 Å². The van der Waals surface area contributed by atoms with Gasteiger partial charge >= 0.3 is 0 Å². The van der Waals surface area contributed by atoms with Gasteiger partial charge in [-0.1, -0.05) is 11.6 Å². The second-order valence-electron chi connectivity index (χ2n) is 4.67. The van der Waals surface area contributed by atoms with Gasteiger partial charge in [-0.2, -0.15) is 5.26 Å². The molecule has 18 heavy (non-hydrogen) atoms. The molecule has 0 spiro atoms. The molecule has 0 amide bonds. The summed E-state index contributed by atoms with van der Waals surface area (Å²) in [4.78, 5) is 4.38. The molecule has 1 aromatic rings. The predicted octanol–water partition coefficient (Wildman–Crippen LogP) is 2.99. The number of nitriles is 1. The van der Waals surface area contributed by atoms with Gasteiger partial charge in [0, 0.05) is 24.2 Å². The summed E-state index contributed by atoms with van der Waals surface area (Å²) in [6.45, 7) is 6.08. The topological polar surface area (TPSA) is 30.3 Å². The van der Waals surface area contributed by atoms with Crippen molar-refractivity contribution in [2.24, 2.45) is 0 Å². The van der Waals surface area contributed by atoms with Crippen molar-refractivity contribution >= 4 is 17.3 Å². The lowest BCUT2D eigenvalue weighted by Crippen LogP contribution is -2.40. The third-order valence-corrected chi connectivity index (χ3v) is 3.13. The third-order valence-electron chi connectivity index (χ3n) is 2.89. The van der Waals surface area contributed by atoms with E-state index in [1.54, 1.807) is 6.07 Å². The monoisotopic (exact) mass is 265 g/mol. The Kier molecular flexibility index (Phi) is 5.46. The van der Waals surface area contributed by atoms with Crippen LogP contribution in [-0.2, 0) is 0 Å². The zero-order chi connectivity index (χ0) is 13.7. The van der Waals surface area contributed by atoms with Crippen LogP contribution in [0, 0.1) is 11.3 Å². The average Bonchev–Trinajstić information content (AvgIpc) is 2.30. The lowest BCUT2D eigenvalue weighted by Gasteiger charge is -2.32. The van der Waals surface area contributed by atoms with Gasteiger partial charge in [-0.3, -0.25) is 0 Å². The molecule has 3 nitrogen and oxygen atoms in total. The van der Waals surface area contributed by atoms with E-state index < -0.39 is 0 Å². The maximum Gasteiger partial charge on any atom is 0.101 e. The number of hydrogen-bond acceptors (Lipinski definition) is 3. The fourth-order valence-electron chi connectivity index (χ4n) is 2.19. The molecular formula is C14H20ClN3. The minimum absolute atomic E-state index is 0.346. The first-order chi connectivity index (χ1) is 8.49. The van der Waals surface area contributed by atoms with Crippen LogP contribution in [0.25, 0.3) is 0 Å². The van der Waals surface area contributed by atoms with Crippen LogP contribution in [0.5, 0.6) is 0 Å². The van der Waals surface area contributed by atoms with Gasteiger partial charge in [-0.15, -0.1) is 0 Å². The SMILES string of the molecule is CCN(c1ccc(Cl)cc1C#N)C(C)CN(C)C. The van der Waals surface area contributed by atoms with E-state index in [2.05, 4.69) is 43.8 Å². The van der Waals surface area contributed by atoms with E-state index in [0.29, 0.717) is 16.6 Å². The van der Waals surface area contributed by atoms with E-state index in [1.165, 1.54) is 0 Å². The van der Waals surface area contributed by atoms with Gasteiger partial charge in [0.05, 0.1) is 11.3 Å². The Balaban J connectivity index is 3.05. The number of rotatable bonds is 5. The Morgan fingerprint density at radius 1 is 1.39 bits per heavy atom. The molecule has 0 aliphatic rings. The van der Waals surface area contributed by atoms with Gasteiger partial charge < -0.3 is 9.80 Å². The van der Waals surface area contributed by atoms with Crippen molar-refractivity contribution in [3.8, 4) is 6.07 Å². The van der Waals surface area contributed by atoms with Crippen molar-refractivity contribution in [2.75, 3.05) is 32.1 Å². The molecule has 98 valence electrons. The lowest BCUT2D eigenvalue weighted by molar-refractivity contribution is 0.373. The highest BCUT2D eigenvalue weighted by molar-refractivity contribution is 6.30. The van der Waals surface area contributed by atoms with E-state index in [4.69, 9.17) is 11.6 Å². The van der Waals surface area contributed by atoms with Crippen LogP contribution >= 0.6 is 11.6 Å². The van der Waals surface area contributed by atoms with Gasteiger partial charge in [0.15, 0.2) is 0 Å². The Morgan fingerprint density at radius 2 is 2.06 bits per heavy atom. The van der Waals surface area contributed by atoms with Crippen LogP contribution in [0.4, 0.5) is 5.69 Å². The first-order valence-electron chi connectivity index (χ1n) is 6.10. The van der Waals surface area contributed by atoms with Crippen LogP contribution in [0.1, 0.15) is 19.4 Å². The van der Waals surface area contributed by atoms with Crippen molar-refractivity contribution in [1.82, 2.24) is 4.90 Å². The molecule has 0 heterocycles. The quantitative estimate of drug-likeness (QED) is 0.820. The Bertz CT molecular complexity index is 437. The zero-order valence-electron chi connectivity index (χ0n) is 11.4. The molecule has 1 rings (SSSR count). The first kappa shape index (κ1) is 14.8. The number of nitrogens with zero attached hydrogens (tertiary/aromatic N) is 3. The van der Waals surface area contributed by atoms with Crippen LogP contribution in [0.3, 0.4) is 0 Å². The van der Waals surface area contributed by atoms with Gasteiger partial charge in [0.25, 0.3) is 0 Å². The van der Waals surface area contributed by atoms with Crippen LogP contribution in [-0.4, -0.2) is 38.1 Å². The largest absolute Gasteiger partial charge is 0.367 e.